The van der Waals surface area contributed by atoms with Gasteiger partial charge in [-0.25, -0.2) is 0 Å². The minimum Gasteiger partial charge on any atom is -0.508 e. The minimum atomic E-state index is -2.64. The number of amides is 1. The van der Waals surface area contributed by atoms with Crippen LogP contribution in [0.15, 0.2) is 41.7 Å². The number of carbonyl (C=O) groups is 3. The number of fused-ring (bicyclic) bond motifs is 3. The Kier molecular flexibility index (Phi) is 7.05. The normalized spacial score (nSPS) is 28.4. The number of ketones is 2. The Balaban J connectivity index is 1.69. The number of carbonyl (C=O) groups excluding carboxylic acids is 3. The molecule has 1 amide bonds. The number of primary amides is 1. The van der Waals surface area contributed by atoms with Crippen LogP contribution in [0.1, 0.15) is 33.5 Å². The van der Waals surface area contributed by atoms with E-state index in [4.69, 9.17) is 11.5 Å². The van der Waals surface area contributed by atoms with Crippen LogP contribution in [0.4, 0.5) is 11.4 Å². The lowest BCUT2D eigenvalue weighted by atomic mass is 9.56. The van der Waals surface area contributed by atoms with E-state index in [-0.39, 0.29) is 35.3 Å². The Morgan fingerprint density at radius 1 is 1.07 bits per heavy atom. The van der Waals surface area contributed by atoms with Gasteiger partial charge in [0, 0.05) is 48.6 Å². The fourth-order valence-corrected chi connectivity index (χ4v) is 6.85. The Bertz CT molecular complexity index is 1600. The predicted octanol–water partition coefficient (Wildman–Crippen LogP) is 0.334. The van der Waals surface area contributed by atoms with Crippen molar-refractivity contribution in [2.24, 2.45) is 23.5 Å². The number of rotatable bonds is 3. The van der Waals surface area contributed by atoms with E-state index in [0.29, 0.717) is 22.5 Å². The van der Waals surface area contributed by atoms with E-state index in [1.54, 1.807) is 68.3 Å². The first kappa shape index (κ1) is 29.1. The van der Waals surface area contributed by atoms with Crippen LogP contribution in [0.25, 0.3) is 0 Å². The second kappa shape index (κ2) is 10.2. The van der Waals surface area contributed by atoms with Gasteiger partial charge in [-0.15, -0.1) is 0 Å². The summed E-state index contributed by atoms with van der Waals surface area (Å²) in [6, 6.07) is 7.59. The van der Waals surface area contributed by atoms with Crippen molar-refractivity contribution in [3.05, 3.63) is 63.9 Å². The molecule has 1 saturated carbocycles. The molecule has 11 heteroatoms. The predicted molar refractivity (Wildman–Crippen MR) is 155 cm³/mol. The molecule has 6 atom stereocenters. The van der Waals surface area contributed by atoms with Crippen molar-refractivity contribution in [3.63, 3.8) is 0 Å². The SMILES string of the molecule is CN(C)c1cc(C#Cc2ccc(N)cc2)c(O)c2c1C[C@H]1C[C@H]3[C@H](N(C)C)C(O)C(C(N)=O)C(=O)[C@@]3(O)C(O)=C1C2=O. The quantitative estimate of drug-likeness (QED) is 0.169. The number of aromatic hydroxyl groups is 1. The summed E-state index contributed by atoms with van der Waals surface area (Å²) in [4.78, 5) is 43.2. The molecule has 2 unspecified atom stereocenters. The van der Waals surface area contributed by atoms with Gasteiger partial charge in [0.25, 0.3) is 0 Å². The van der Waals surface area contributed by atoms with E-state index in [2.05, 4.69) is 11.8 Å². The summed E-state index contributed by atoms with van der Waals surface area (Å²) >= 11 is 0. The Morgan fingerprint density at radius 2 is 1.71 bits per heavy atom. The van der Waals surface area contributed by atoms with Crippen LogP contribution in [0.2, 0.25) is 0 Å². The third-order valence-corrected chi connectivity index (χ3v) is 8.80. The average molecular weight is 575 g/mol. The maximum absolute atomic E-state index is 14.1. The van der Waals surface area contributed by atoms with E-state index in [1.807, 2.05) is 0 Å². The van der Waals surface area contributed by atoms with Crippen molar-refractivity contribution >= 4 is 28.8 Å². The highest BCUT2D eigenvalue weighted by Crippen LogP contribution is 2.53. The zero-order valence-electron chi connectivity index (χ0n) is 23.8. The van der Waals surface area contributed by atoms with E-state index >= 15 is 0 Å². The van der Waals surface area contributed by atoms with Crippen molar-refractivity contribution in [2.45, 2.75) is 30.6 Å². The minimum absolute atomic E-state index is 0.0462. The number of nitrogens with two attached hydrogens (primary N) is 2. The number of hydrogen-bond acceptors (Lipinski definition) is 10. The molecule has 0 aliphatic heterocycles. The van der Waals surface area contributed by atoms with Crippen LogP contribution in [0.5, 0.6) is 5.75 Å². The highest BCUT2D eigenvalue weighted by molar-refractivity contribution is 6.16. The summed E-state index contributed by atoms with van der Waals surface area (Å²) in [5.41, 5.74) is 10.8. The van der Waals surface area contributed by atoms with Crippen LogP contribution in [0.3, 0.4) is 0 Å². The molecular weight excluding hydrogens is 540 g/mol. The maximum Gasteiger partial charge on any atom is 0.230 e. The topological polar surface area (TPSA) is 191 Å². The standard InChI is InChI=1S/C31H34N4O7/c1-34(2)20-13-15(8-5-14-6-9-17(32)10-7-14)25(36)22-18(20)11-16-12-19-24(35(3)4)27(38)23(30(33)41)29(40)31(19,42)28(39)21(16)26(22)37/h6-7,9-10,13,16,19,23-24,27,36,38-39,42H,11-12,32H2,1-4H3,(H2,33,41)/t16-,19-,23?,24-,27?,31-/m0/s1. The Labute approximate surface area is 243 Å². The fraction of sp³-hybridized carbons (Fsp3) is 0.387. The molecule has 11 nitrogen and oxygen atoms in total. The van der Waals surface area contributed by atoms with E-state index in [9.17, 15) is 34.8 Å². The summed E-state index contributed by atoms with van der Waals surface area (Å²) in [5.74, 6) is -1.95. The van der Waals surface area contributed by atoms with Gasteiger partial charge < -0.3 is 41.7 Å². The maximum atomic E-state index is 14.1. The summed E-state index contributed by atoms with van der Waals surface area (Å²) < 4.78 is 0. The van der Waals surface area contributed by atoms with Crippen molar-refractivity contribution in [1.82, 2.24) is 4.90 Å². The van der Waals surface area contributed by atoms with Gasteiger partial charge in [-0.2, -0.15) is 0 Å². The molecule has 3 aliphatic carbocycles. The fourth-order valence-electron chi connectivity index (χ4n) is 6.85. The summed E-state index contributed by atoms with van der Waals surface area (Å²) in [6.07, 6.45) is -1.28. The zero-order valence-corrected chi connectivity index (χ0v) is 23.8. The third kappa shape index (κ3) is 4.22. The molecule has 8 N–H and O–H groups in total. The number of allylic oxidation sites excluding steroid dienone is 1. The molecule has 0 aromatic heterocycles. The molecule has 220 valence electrons. The number of aliphatic hydroxyl groups excluding tert-OH is 2. The molecule has 0 bridgehead atoms. The van der Waals surface area contributed by atoms with Gasteiger partial charge in [0.05, 0.1) is 17.2 Å². The van der Waals surface area contributed by atoms with E-state index in [1.165, 1.54) is 0 Å². The largest absolute Gasteiger partial charge is 0.508 e. The number of nitrogens with zero attached hydrogens (tertiary/aromatic N) is 2. The molecule has 1 fully saturated rings. The second-order valence-corrected chi connectivity index (χ2v) is 11.7. The molecule has 2 aromatic rings. The number of likely N-dealkylation sites (N-methyl/N-ethyl adjacent to an activating group) is 1. The van der Waals surface area contributed by atoms with Gasteiger partial charge >= 0.3 is 0 Å². The van der Waals surface area contributed by atoms with Crippen LogP contribution in [-0.2, 0) is 16.0 Å². The highest BCUT2D eigenvalue weighted by atomic mass is 16.3. The lowest BCUT2D eigenvalue weighted by Crippen LogP contribution is -2.71. The first-order valence-corrected chi connectivity index (χ1v) is 13.5. The number of phenolic OH excluding ortho intramolecular Hbond substituents is 1. The third-order valence-electron chi connectivity index (χ3n) is 8.80. The summed E-state index contributed by atoms with van der Waals surface area (Å²) in [7, 11) is 6.82. The Morgan fingerprint density at radius 3 is 2.29 bits per heavy atom. The number of Topliss-reactive ketones (excluding diaryl/α,β-unsaturated/α-hetero) is 2. The number of aliphatic hydroxyl groups is 3. The van der Waals surface area contributed by atoms with Gasteiger partial charge in [0.15, 0.2) is 17.2 Å². The molecule has 2 aromatic carbocycles. The first-order valence-electron chi connectivity index (χ1n) is 13.5. The lowest BCUT2D eigenvalue weighted by molar-refractivity contribution is -0.178. The van der Waals surface area contributed by atoms with Gasteiger partial charge in [0.1, 0.15) is 17.4 Å². The zero-order chi connectivity index (χ0) is 30.8. The molecule has 0 saturated heterocycles. The molecule has 0 heterocycles. The van der Waals surface area contributed by atoms with Gasteiger partial charge in [0.2, 0.25) is 5.91 Å². The Hall–Kier alpha value is -4.37. The molecule has 3 aliphatic rings. The van der Waals surface area contributed by atoms with Gasteiger partial charge in [-0.1, -0.05) is 11.8 Å². The van der Waals surface area contributed by atoms with Crippen molar-refractivity contribution in [1.29, 1.82) is 0 Å². The van der Waals surface area contributed by atoms with Crippen molar-refractivity contribution in [2.75, 3.05) is 38.8 Å². The molecular formula is C31H34N4O7. The first-order chi connectivity index (χ1) is 19.7. The number of hydrogen-bond donors (Lipinski definition) is 6. The molecule has 42 heavy (non-hydrogen) atoms. The molecule has 5 rings (SSSR count). The molecule has 0 spiro atoms. The number of benzene rings is 2. The van der Waals surface area contributed by atoms with Crippen molar-refractivity contribution < 1.29 is 34.8 Å². The number of phenols is 1. The number of anilines is 2. The summed E-state index contributed by atoms with van der Waals surface area (Å²) in [5, 5.41) is 45.7. The lowest BCUT2D eigenvalue weighted by Gasteiger charge is -2.53. The van der Waals surface area contributed by atoms with E-state index in [0.717, 1.165) is 0 Å². The van der Waals surface area contributed by atoms with Crippen molar-refractivity contribution in [3.8, 4) is 17.6 Å². The second-order valence-electron chi connectivity index (χ2n) is 11.7. The van der Waals surface area contributed by atoms with Crippen LogP contribution in [0, 0.1) is 29.6 Å². The van der Waals surface area contributed by atoms with Crippen LogP contribution < -0.4 is 16.4 Å². The van der Waals surface area contributed by atoms with Crippen LogP contribution in [-0.4, -0.2) is 88.7 Å². The number of nitrogen functional groups attached to an aromatic ring is 1. The van der Waals surface area contributed by atoms with Gasteiger partial charge in [-0.3, -0.25) is 14.4 Å². The monoisotopic (exact) mass is 574 g/mol. The van der Waals surface area contributed by atoms with Gasteiger partial charge in [-0.05, 0) is 68.8 Å². The van der Waals surface area contributed by atoms with Crippen LogP contribution >= 0.6 is 0 Å². The van der Waals surface area contributed by atoms with E-state index < -0.39 is 58.7 Å². The molecule has 0 radical (unpaired) electrons. The average Bonchev–Trinajstić information content (AvgIpc) is 2.90. The highest BCUT2D eigenvalue weighted by Gasteiger charge is 2.66. The smallest absolute Gasteiger partial charge is 0.230 e. The summed E-state index contributed by atoms with van der Waals surface area (Å²) in [6.45, 7) is 0.